The fourth-order valence-electron chi connectivity index (χ4n) is 13.8. The maximum Gasteiger partial charge on any atom is 0.472 e. The lowest BCUT2D eigenvalue weighted by molar-refractivity contribution is -0.161. The molecule has 0 aromatic carbocycles. The van der Waals surface area contributed by atoms with Gasteiger partial charge < -0.3 is 33.8 Å². The SMILES string of the molecule is CCCCCCCCCCCCCCCCCCCCCCCCC(=O)O[C@H](COC(=O)CCCCCCCCCCCCCCCCCC(C)C)COP(=O)(O)OC[C@@H](O)COP(=O)(O)OC[C@@H](COC(=O)CCCCCCCCC(C)C)OC(=O)CCCCCCCCCCCCCCCCCCCC. The predicted molar refractivity (Wildman–Crippen MR) is 442 cm³/mol. The summed E-state index contributed by atoms with van der Waals surface area (Å²) in [5.74, 6) is -0.617. The Morgan fingerprint density at radius 1 is 0.252 bits per heavy atom. The van der Waals surface area contributed by atoms with Gasteiger partial charge in [0.05, 0.1) is 26.4 Å². The summed E-state index contributed by atoms with van der Waals surface area (Å²) in [4.78, 5) is 73.2. The van der Waals surface area contributed by atoms with Crippen LogP contribution in [0, 0.1) is 11.8 Å². The number of esters is 4. The molecule has 17 nitrogen and oxygen atoms in total. The maximum absolute atomic E-state index is 13.2. The summed E-state index contributed by atoms with van der Waals surface area (Å²) in [5.41, 5.74) is 0. The summed E-state index contributed by atoms with van der Waals surface area (Å²) in [7, 11) is -9.93. The van der Waals surface area contributed by atoms with Crippen LogP contribution in [0.5, 0.6) is 0 Å². The van der Waals surface area contributed by atoms with Gasteiger partial charge in [-0.3, -0.25) is 37.3 Å². The Morgan fingerprint density at radius 2 is 0.430 bits per heavy atom. The summed E-state index contributed by atoms with van der Waals surface area (Å²) >= 11 is 0. The highest BCUT2D eigenvalue weighted by molar-refractivity contribution is 7.47. The number of carbonyl (C=O) groups excluding carboxylic acids is 4. The molecule has 0 aromatic heterocycles. The van der Waals surface area contributed by atoms with E-state index in [1.165, 1.54) is 283 Å². The number of rotatable bonds is 87. The standard InChI is InChI=1S/C88H172O17P2/c1-7-9-11-13-15-17-19-21-23-25-27-28-29-30-32-36-41-45-49-53-61-66-72-87(92)104-83(76-98-85(90)70-64-58-51-47-43-39-37-33-34-38-42-46-50-56-62-68-80(3)4)78-102-106(94,95)100-74-82(89)75-101-107(96,97)103-79-84(77-99-86(91)71-65-59-55-54-57-63-69-81(5)6)105-88(93)73-67-60-52-48-44-40-35-31-26-24-22-20-18-16-14-12-10-8-2/h80-84,89H,7-79H2,1-6H3,(H,94,95)(H,96,97)/t82-,83-,84-/m1/s1. The summed E-state index contributed by atoms with van der Waals surface area (Å²) < 4.78 is 68.9. The number of unbranched alkanes of at least 4 members (excludes halogenated alkanes) is 57. The van der Waals surface area contributed by atoms with E-state index in [0.29, 0.717) is 31.6 Å². The van der Waals surface area contributed by atoms with Gasteiger partial charge in [0.25, 0.3) is 0 Å². The fraction of sp³-hybridized carbons (Fsp3) is 0.955. The highest BCUT2D eigenvalue weighted by Gasteiger charge is 2.30. The van der Waals surface area contributed by atoms with Gasteiger partial charge in [-0.15, -0.1) is 0 Å². The first-order valence-electron chi connectivity index (χ1n) is 45.5. The number of hydrogen-bond acceptors (Lipinski definition) is 15. The third-order valence-corrected chi connectivity index (χ3v) is 22.6. The smallest absolute Gasteiger partial charge is 0.462 e. The van der Waals surface area contributed by atoms with Crippen LogP contribution in [-0.2, 0) is 65.4 Å². The van der Waals surface area contributed by atoms with Gasteiger partial charge in [0, 0.05) is 25.7 Å². The number of aliphatic hydroxyl groups excluding tert-OH is 1. The Labute approximate surface area is 658 Å². The van der Waals surface area contributed by atoms with Crippen molar-refractivity contribution in [3.05, 3.63) is 0 Å². The highest BCUT2D eigenvalue weighted by atomic mass is 31.2. The monoisotopic (exact) mass is 1560 g/mol. The molecule has 0 saturated carbocycles. The predicted octanol–water partition coefficient (Wildman–Crippen LogP) is 27.0. The van der Waals surface area contributed by atoms with Crippen LogP contribution in [-0.4, -0.2) is 96.7 Å². The van der Waals surface area contributed by atoms with E-state index in [4.69, 9.17) is 37.0 Å². The third kappa shape index (κ3) is 81.9. The molecule has 0 spiro atoms. The second-order valence-corrected chi connectivity index (χ2v) is 35.5. The molecule has 0 fully saturated rings. The molecule has 636 valence electrons. The van der Waals surface area contributed by atoms with Crippen LogP contribution in [0.15, 0.2) is 0 Å². The van der Waals surface area contributed by atoms with Crippen LogP contribution < -0.4 is 0 Å². The molecule has 0 aliphatic heterocycles. The number of phosphoric acid groups is 2. The molecule has 19 heteroatoms. The summed E-state index contributed by atoms with van der Waals surface area (Å²) in [5, 5.41) is 10.7. The highest BCUT2D eigenvalue weighted by Crippen LogP contribution is 2.45. The van der Waals surface area contributed by atoms with Crippen molar-refractivity contribution in [1.29, 1.82) is 0 Å². The zero-order valence-corrected chi connectivity index (χ0v) is 72.2. The van der Waals surface area contributed by atoms with Crippen LogP contribution >= 0.6 is 15.6 Å². The molecule has 3 N–H and O–H groups in total. The first kappa shape index (κ1) is 105. The first-order chi connectivity index (χ1) is 51.9. The lowest BCUT2D eigenvalue weighted by atomic mass is 10.0. The quantitative estimate of drug-likeness (QED) is 0.0222. The summed E-state index contributed by atoms with van der Waals surface area (Å²) in [6, 6.07) is 0. The molecular formula is C88H172O17P2. The van der Waals surface area contributed by atoms with Crippen LogP contribution in [0.2, 0.25) is 0 Å². The van der Waals surface area contributed by atoms with Gasteiger partial charge in [-0.05, 0) is 37.5 Å². The van der Waals surface area contributed by atoms with E-state index in [0.717, 1.165) is 102 Å². The Bertz CT molecular complexity index is 2050. The zero-order chi connectivity index (χ0) is 78.5. The van der Waals surface area contributed by atoms with E-state index in [1.807, 2.05) is 0 Å². The topological polar surface area (TPSA) is 237 Å². The van der Waals surface area contributed by atoms with E-state index >= 15 is 0 Å². The first-order valence-corrected chi connectivity index (χ1v) is 48.5. The molecule has 0 bridgehead atoms. The van der Waals surface area contributed by atoms with Crippen molar-refractivity contribution < 1.29 is 80.2 Å². The van der Waals surface area contributed by atoms with Gasteiger partial charge in [-0.2, -0.15) is 0 Å². The molecule has 0 radical (unpaired) electrons. The van der Waals surface area contributed by atoms with Crippen molar-refractivity contribution in [2.75, 3.05) is 39.6 Å². The molecule has 2 unspecified atom stereocenters. The normalized spacial score (nSPS) is 13.8. The molecule has 0 aromatic rings. The van der Waals surface area contributed by atoms with Crippen molar-refractivity contribution in [1.82, 2.24) is 0 Å². The summed E-state index contributed by atoms with van der Waals surface area (Å²) in [6.07, 6.45) is 72.5. The Morgan fingerprint density at radius 3 is 0.636 bits per heavy atom. The van der Waals surface area contributed by atoms with Crippen molar-refractivity contribution in [2.24, 2.45) is 11.8 Å². The lowest BCUT2D eigenvalue weighted by Crippen LogP contribution is -2.30. The molecule has 5 atom stereocenters. The molecule has 0 heterocycles. The lowest BCUT2D eigenvalue weighted by Gasteiger charge is -2.21. The summed E-state index contributed by atoms with van der Waals surface area (Å²) in [6.45, 7) is 9.63. The van der Waals surface area contributed by atoms with Gasteiger partial charge in [0.1, 0.15) is 19.3 Å². The fourth-order valence-corrected chi connectivity index (χ4v) is 15.4. The second-order valence-electron chi connectivity index (χ2n) is 32.6. The molecule has 0 rings (SSSR count). The van der Waals surface area contributed by atoms with E-state index in [1.54, 1.807) is 0 Å². The van der Waals surface area contributed by atoms with Crippen LogP contribution in [0.1, 0.15) is 472 Å². The number of aliphatic hydroxyl groups is 1. The van der Waals surface area contributed by atoms with Gasteiger partial charge in [-0.1, -0.05) is 420 Å². The second kappa shape index (κ2) is 79.3. The van der Waals surface area contributed by atoms with Crippen molar-refractivity contribution >= 4 is 39.5 Å². The number of phosphoric ester groups is 2. The average Bonchev–Trinajstić information content (AvgIpc) is 0.907. The van der Waals surface area contributed by atoms with E-state index < -0.39 is 97.5 Å². The maximum atomic E-state index is 13.2. The Balaban J connectivity index is 5.20. The van der Waals surface area contributed by atoms with Crippen LogP contribution in [0.25, 0.3) is 0 Å². The number of hydrogen-bond donors (Lipinski definition) is 3. The van der Waals surface area contributed by atoms with E-state index in [2.05, 4.69) is 41.5 Å². The largest absolute Gasteiger partial charge is 0.472 e. The van der Waals surface area contributed by atoms with Crippen molar-refractivity contribution in [3.8, 4) is 0 Å². The van der Waals surface area contributed by atoms with Crippen molar-refractivity contribution in [3.63, 3.8) is 0 Å². The Hall–Kier alpha value is -1.94. The van der Waals surface area contributed by atoms with E-state index in [-0.39, 0.29) is 25.7 Å². The molecule has 0 aliphatic rings. The molecule has 0 aliphatic carbocycles. The Kier molecular flexibility index (Phi) is 77.9. The molecule has 0 saturated heterocycles. The minimum Gasteiger partial charge on any atom is -0.462 e. The van der Waals surface area contributed by atoms with Gasteiger partial charge in [0.15, 0.2) is 12.2 Å². The van der Waals surface area contributed by atoms with Gasteiger partial charge >= 0.3 is 39.5 Å². The molecule has 0 amide bonds. The molecule has 107 heavy (non-hydrogen) atoms. The van der Waals surface area contributed by atoms with Crippen LogP contribution in [0.3, 0.4) is 0 Å². The van der Waals surface area contributed by atoms with Crippen molar-refractivity contribution in [2.45, 2.75) is 490 Å². The number of ether oxygens (including phenoxy) is 4. The number of carbonyl (C=O) groups is 4. The van der Waals surface area contributed by atoms with Gasteiger partial charge in [0.2, 0.25) is 0 Å². The zero-order valence-electron chi connectivity index (χ0n) is 70.5. The van der Waals surface area contributed by atoms with E-state index in [9.17, 15) is 43.2 Å². The third-order valence-electron chi connectivity index (χ3n) is 20.7. The average molecular weight is 1560 g/mol. The minimum absolute atomic E-state index is 0.108. The minimum atomic E-state index is -4.97. The van der Waals surface area contributed by atoms with Crippen LogP contribution in [0.4, 0.5) is 0 Å². The van der Waals surface area contributed by atoms with Gasteiger partial charge in [-0.25, -0.2) is 9.13 Å². The molecular weight excluding hydrogens is 1390 g/mol.